The van der Waals surface area contributed by atoms with E-state index in [4.69, 9.17) is 5.11 Å². The third-order valence-corrected chi connectivity index (χ3v) is 3.31. The van der Waals surface area contributed by atoms with Crippen molar-refractivity contribution < 1.29 is 9.50 Å². The van der Waals surface area contributed by atoms with Crippen LogP contribution in [0.2, 0.25) is 0 Å². The molecule has 0 fully saturated rings. The van der Waals surface area contributed by atoms with Crippen molar-refractivity contribution in [3.8, 4) is 5.06 Å². The number of rotatable bonds is 0. The predicted molar refractivity (Wildman–Crippen MR) is 56.2 cm³/mol. The number of halogens is 2. The highest BCUT2D eigenvalue weighted by atomic mass is 127. The van der Waals surface area contributed by atoms with Crippen LogP contribution >= 0.6 is 33.9 Å². The molecule has 12 heavy (non-hydrogen) atoms. The van der Waals surface area contributed by atoms with Crippen molar-refractivity contribution in [1.29, 1.82) is 0 Å². The lowest BCUT2D eigenvalue weighted by molar-refractivity contribution is 0.491. The Balaban J connectivity index is 2.89. The zero-order valence-corrected chi connectivity index (χ0v) is 8.82. The lowest BCUT2D eigenvalue weighted by atomic mass is 10.2. The van der Waals surface area contributed by atoms with Gasteiger partial charge in [-0.05, 0) is 34.7 Å². The van der Waals surface area contributed by atoms with Crippen molar-refractivity contribution in [2.45, 2.75) is 0 Å². The van der Waals surface area contributed by atoms with Crippen LogP contribution in [-0.2, 0) is 0 Å². The fraction of sp³-hybridized carbons (Fsp3) is 0. The van der Waals surface area contributed by atoms with Gasteiger partial charge in [0, 0.05) is 19.7 Å². The molecular weight excluding hydrogens is 290 g/mol. The van der Waals surface area contributed by atoms with Crippen LogP contribution in [0.5, 0.6) is 5.06 Å². The van der Waals surface area contributed by atoms with Crippen LogP contribution in [0.15, 0.2) is 18.2 Å². The quantitative estimate of drug-likeness (QED) is 0.739. The number of benzene rings is 1. The summed E-state index contributed by atoms with van der Waals surface area (Å²) in [6, 6.07) is 4.97. The summed E-state index contributed by atoms with van der Waals surface area (Å²) in [5, 5.41) is 9.78. The summed E-state index contributed by atoms with van der Waals surface area (Å²) < 4.78 is 14.7. The first kappa shape index (κ1) is 8.25. The maximum Gasteiger partial charge on any atom is 0.172 e. The van der Waals surface area contributed by atoms with Crippen molar-refractivity contribution in [3.05, 3.63) is 27.6 Å². The summed E-state index contributed by atoms with van der Waals surface area (Å²) in [6.45, 7) is 0. The molecule has 2 rings (SSSR count). The second-order valence-electron chi connectivity index (χ2n) is 2.36. The Bertz CT molecular complexity index is 438. The van der Waals surface area contributed by atoms with Crippen molar-refractivity contribution in [1.82, 2.24) is 0 Å². The number of thiophene rings is 1. The monoisotopic (exact) mass is 294 g/mol. The number of aromatic hydroxyl groups is 1. The maximum atomic E-state index is 13.3. The molecule has 0 unspecified atom stereocenters. The van der Waals surface area contributed by atoms with Gasteiger partial charge in [-0.3, -0.25) is 0 Å². The van der Waals surface area contributed by atoms with Gasteiger partial charge in [0.1, 0.15) is 5.82 Å². The van der Waals surface area contributed by atoms with Gasteiger partial charge in [-0.2, -0.15) is 0 Å². The number of hydrogen-bond acceptors (Lipinski definition) is 2. The van der Waals surface area contributed by atoms with E-state index < -0.39 is 0 Å². The molecule has 4 heteroatoms. The molecule has 0 aliphatic heterocycles. The van der Waals surface area contributed by atoms with Crippen LogP contribution in [0.3, 0.4) is 0 Å². The first-order valence-electron chi connectivity index (χ1n) is 3.25. The van der Waals surface area contributed by atoms with E-state index in [0.717, 1.165) is 4.70 Å². The Hall–Kier alpha value is -0.360. The van der Waals surface area contributed by atoms with Gasteiger partial charge >= 0.3 is 0 Å². The molecule has 0 aliphatic carbocycles. The van der Waals surface area contributed by atoms with Crippen LogP contribution in [0.4, 0.5) is 4.39 Å². The number of hydrogen-bond donors (Lipinski definition) is 1. The van der Waals surface area contributed by atoms with E-state index in [9.17, 15) is 4.39 Å². The Labute approximate surface area is 86.0 Å². The molecule has 1 aromatic heterocycles. The molecule has 0 saturated heterocycles. The van der Waals surface area contributed by atoms with Gasteiger partial charge in [-0.15, -0.1) is 0 Å². The summed E-state index contributed by atoms with van der Waals surface area (Å²) in [5.74, 6) is -0.246. The summed E-state index contributed by atoms with van der Waals surface area (Å²) in [6.07, 6.45) is 0. The first-order chi connectivity index (χ1) is 5.68. The molecule has 1 heterocycles. The fourth-order valence-corrected chi connectivity index (χ4v) is 2.30. The SMILES string of the molecule is Oc1cc2c(F)c(I)ccc2s1. The number of fused-ring (bicyclic) bond motifs is 1. The van der Waals surface area contributed by atoms with Crippen LogP contribution in [0, 0.1) is 9.39 Å². The van der Waals surface area contributed by atoms with Gasteiger partial charge in [-0.1, -0.05) is 11.3 Å². The van der Waals surface area contributed by atoms with Crippen molar-refractivity contribution in [2.24, 2.45) is 0 Å². The highest BCUT2D eigenvalue weighted by Crippen LogP contribution is 2.33. The third-order valence-electron chi connectivity index (χ3n) is 1.57. The van der Waals surface area contributed by atoms with Crippen molar-refractivity contribution >= 4 is 44.0 Å². The molecule has 1 aromatic carbocycles. The largest absolute Gasteiger partial charge is 0.499 e. The maximum absolute atomic E-state index is 13.3. The highest BCUT2D eigenvalue weighted by Gasteiger charge is 2.07. The van der Waals surface area contributed by atoms with E-state index in [-0.39, 0.29) is 10.9 Å². The Kier molecular flexibility index (Phi) is 1.96. The fourth-order valence-electron chi connectivity index (χ4n) is 1.04. The Morgan fingerprint density at radius 2 is 2.17 bits per heavy atom. The first-order valence-corrected chi connectivity index (χ1v) is 5.14. The minimum Gasteiger partial charge on any atom is -0.499 e. The van der Waals surface area contributed by atoms with Gasteiger partial charge in [0.25, 0.3) is 0 Å². The molecule has 0 saturated carbocycles. The van der Waals surface area contributed by atoms with Gasteiger partial charge < -0.3 is 5.11 Å². The molecule has 0 radical (unpaired) electrons. The molecule has 62 valence electrons. The average Bonchev–Trinajstić information content (AvgIpc) is 2.39. The normalized spacial score (nSPS) is 10.8. The molecule has 0 atom stereocenters. The van der Waals surface area contributed by atoms with Crippen LogP contribution in [-0.4, -0.2) is 5.11 Å². The van der Waals surface area contributed by atoms with E-state index >= 15 is 0 Å². The summed E-state index contributed by atoms with van der Waals surface area (Å²) >= 11 is 3.12. The molecular formula is C8H4FIOS. The topological polar surface area (TPSA) is 20.2 Å². The smallest absolute Gasteiger partial charge is 0.172 e. The van der Waals surface area contributed by atoms with Gasteiger partial charge in [-0.25, -0.2) is 4.39 Å². The van der Waals surface area contributed by atoms with Crippen LogP contribution < -0.4 is 0 Å². The predicted octanol–water partition coefficient (Wildman–Crippen LogP) is 3.35. The molecule has 0 spiro atoms. The molecule has 1 nitrogen and oxygen atoms in total. The van der Waals surface area contributed by atoms with E-state index in [2.05, 4.69) is 0 Å². The van der Waals surface area contributed by atoms with E-state index in [1.807, 2.05) is 28.7 Å². The van der Waals surface area contributed by atoms with Crippen molar-refractivity contribution in [2.75, 3.05) is 0 Å². The summed E-state index contributed by atoms with van der Waals surface area (Å²) in [5.41, 5.74) is 0. The van der Waals surface area contributed by atoms with Gasteiger partial charge in [0.05, 0.1) is 0 Å². The summed E-state index contributed by atoms with van der Waals surface area (Å²) in [7, 11) is 0. The highest BCUT2D eigenvalue weighted by molar-refractivity contribution is 14.1. The minimum absolute atomic E-state index is 0.158. The van der Waals surface area contributed by atoms with E-state index in [1.165, 1.54) is 17.4 Å². The molecule has 2 aromatic rings. The lowest BCUT2D eigenvalue weighted by Crippen LogP contribution is -1.79. The average molecular weight is 294 g/mol. The van der Waals surface area contributed by atoms with Crippen LogP contribution in [0.1, 0.15) is 0 Å². The second-order valence-corrected chi connectivity index (χ2v) is 4.58. The standard InChI is InChI=1S/C8H4FIOS/c9-8-4-3-7(11)12-6(4)2-1-5(8)10/h1-3,11H. The molecule has 0 bridgehead atoms. The summed E-state index contributed by atoms with van der Waals surface area (Å²) in [4.78, 5) is 0. The van der Waals surface area contributed by atoms with Gasteiger partial charge in [0.2, 0.25) is 0 Å². The van der Waals surface area contributed by atoms with Crippen molar-refractivity contribution in [3.63, 3.8) is 0 Å². The van der Waals surface area contributed by atoms with Gasteiger partial charge in [0.15, 0.2) is 5.06 Å². The Morgan fingerprint density at radius 1 is 1.42 bits per heavy atom. The minimum atomic E-state index is -0.246. The molecule has 0 aliphatic rings. The molecule has 0 amide bonds. The third kappa shape index (κ3) is 1.19. The van der Waals surface area contributed by atoms with Crippen LogP contribution in [0.25, 0.3) is 10.1 Å². The Morgan fingerprint density at radius 3 is 2.92 bits per heavy atom. The lowest BCUT2D eigenvalue weighted by Gasteiger charge is -1.93. The molecule has 1 N–H and O–H groups in total. The zero-order valence-electron chi connectivity index (χ0n) is 5.84. The van der Waals surface area contributed by atoms with E-state index in [0.29, 0.717) is 8.96 Å². The van der Waals surface area contributed by atoms with E-state index in [1.54, 1.807) is 6.07 Å². The second kappa shape index (κ2) is 2.85. The zero-order chi connectivity index (χ0) is 8.72.